The summed E-state index contributed by atoms with van der Waals surface area (Å²) in [7, 11) is 1.36. The Morgan fingerprint density at radius 3 is 2.74 bits per heavy atom. The lowest BCUT2D eigenvalue weighted by Gasteiger charge is -2.06. The molecule has 1 aromatic carbocycles. The number of aryl methyl sites for hydroxylation is 3. The van der Waals surface area contributed by atoms with E-state index in [2.05, 4.69) is 14.7 Å². The predicted molar refractivity (Wildman–Crippen MR) is 86.6 cm³/mol. The molecular formula is C17H17N3O3. The summed E-state index contributed by atoms with van der Waals surface area (Å²) < 4.78 is 6.27. The number of rotatable bonds is 4. The van der Waals surface area contributed by atoms with E-state index in [9.17, 15) is 9.59 Å². The minimum atomic E-state index is -0.356. The van der Waals surface area contributed by atoms with E-state index >= 15 is 0 Å². The monoisotopic (exact) mass is 311 g/mol. The maximum absolute atomic E-state index is 12.4. The third-order valence-electron chi connectivity index (χ3n) is 3.77. The van der Waals surface area contributed by atoms with Crippen LogP contribution in [0.1, 0.15) is 21.6 Å². The summed E-state index contributed by atoms with van der Waals surface area (Å²) >= 11 is 0. The fourth-order valence-electron chi connectivity index (χ4n) is 2.51. The largest absolute Gasteiger partial charge is 0.465 e. The van der Waals surface area contributed by atoms with Gasteiger partial charge in [-0.3, -0.25) is 9.36 Å². The maximum Gasteiger partial charge on any atom is 0.337 e. The molecule has 23 heavy (non-hydrogen) atoms. The molecule has 0 saturated carbocycles. The molecule has 2 heterocycles. The Bertz CT molecular complexity index is 907. The molecule has 0 spiro atoms. The fourth-order valence-corrected chi connectivity index (χ4v) is 2.51. The molecular weight excluding hydrogens is 294 g/mol. The van der Waals surface area contributed by atoms with Gasteiger partial charge in [0.2, 0.25) is 0 Å². The molecule has 0 atom stereocenters. The van der Waals surface area contributed by atoms with E-state index in [1.165, 1.54) is 7.11 Å². The molecule has 0 aliphatic rings. The number of aromatic nitrogens is 3. The highest BCUT2D eigenvalue weighted by atomic mass is 16.5. The SMILES string of the molecule is COC(=O)c1ccc(CCn2cnc3[nH]c(C)cc3c2=O)cc1. The van der Waals surface area contributed by atoms with Gasteiger partial charge < -0.3 is 9.72 Å². The van der Waals surface area contributed by atoms with Crippen LogP contribution in [0.15, 0.2) is 41.5 Å². The molecule has 3 aromatic rings. The van der Waals surface area contributed by atoms with Crippen LogP contribution >= 0.6 is 0 Å². The van der Waals surface area contributed by atoms with Crippen LogP contribution < -0.4 is 5.56 Å². The van der Waals surface area contributed by atoms with Crippen LogP contribution in [-0.2, 0) is 17.7 Å². The highest BCUT2D eigenvalue weighted by molar-refractivity contribution is 5.89. The summed E-state index contributed by atoms with van der Waals surface area (Å²) in [6.07, 6.45) is 2.24. The lowest BCUT2D eigenvalue weighted by molar-refractivity contribution is 0.0600. The van der Waals surface area contributed by atoms with Gasteiger partial charge in [0, 0.05) is 12.2 Å². The highest BCUT2D eigenvalue weighted by Gasteiger charge is 2.07. The molecule has 0 radical (unpaired) electrons. The summed E-state index contributed by atoms with van der Waals surface area (Å²) in [6, 6.07) is 8.99. The zero-order valence-corrected chi connectivity index (χ0v) is 13.0. The van der Waals surface area contributed by atoms with Crippen LogP contribution in [0.2, 0.25) is 0 Å². The maximum atomic E-state index is 12.4. The number of carbonyl (C=O) groups excluding carboxylic acids is 1. The van der Waals surface area contributed by atoms with E-state index in [1.54, 1.807) is 23.0 Å². The predicted octanol–water partition coefficient (Wildman–Crippen LogP) is 2.06. The standard InChI is InChI=1S/C17H17N3O3/c1-11-9-14-15(19-11)18-10-20(16(14)21)8-7-12-3-5-13(6-4-12)17(22)23-2/h3-6,9-10,19H,7-8H2,1-2H3. The number of esters is 1. The van der Waals surface area contributed by atoms with Gasteiger partial charge in [0.15, 0.2) is 0 Å². The Balaban J connectivity index is 1.77. The summed E-state index contributed by atoms with van der Waals surface area (Å²) in [5.74, 6) is -0.356. The zero-order chi connectivity index (χ0) is 16.4. The van der Waals surface area contributed by atoms with Crippen molar-refractivity contribution in [3.63, 3.8) is 0 Å². The first-order valence-corrected chi connectivity index (χ1v) is 7.30. The van der Waals surface area contributed by atoms with E-state index in [0.29, 0.717) is 29.6 Å². The number of H-pyrrole nitrogens is 1. The Morgan fingerprint density at radius 1 is 1.30 bits per heavy atom. The van der Waals surface area contributed by atoms with E-state index in [1.807, 2.05) is 25.1 Å². The van der Waals surface area contributed by atoms with Gasteiger partial charge in [-0.05, 0) is 37.1 Å². The van der Waals surface area contributed by atoms with Crippen molar-refractivity contribution in [2.45, 2.75) is 19.9 Å². The first kappa shape index (κ1) is 15.0. The number of carbonyl (C=O) groups is 1. The molecule has 1 N–H and O–H groups in total. The number of aromatic amines is 1. The van der Waals surface area contributed by atoms with Gasteiger partial charge in [-0.2, -0.15) is 0 Å². The topological polar surface area (TPSA) is 77.0 Å². The summed E-state index contributed by atoms with van der Waals surface area (Å²) in [5.41, 5.74) is 3.03. The quantitative estimate of drug-likeness (QED) is 0.748. The van der Waals surface area contributed by atoms with Gasteiger partial charge in [0.1, 0.15) is 5.65 Å². The van der Waals surface area contributed by atoms with Crippen molar-refractivity contribution in [2.24, 2.45) is 0 Å². The number of hydrogen-bond acceptors (Lipinski definition) is 4. The van der Waals surface area contributed by atoms with E-state index in [4.69, 9.17) is 0 Å². The summed E-state index contributed by atoms with van der Waals surface area (Å²) in [5, 5.41) is 0.603. The molecule has 6 heteroatoms. The van der Waals surface area contributed by atoms with Crippen LogP contribution in [0.3, 0.4) is 0 Å². The summed E-state index contributed by atoms with van der Waals surface area (Å²) in [4.78, 5) is 31.1. The number of ether oxygens (including phenoxy) is 1. The lowest BCUT2D eigenvalue weighted by atomic mass is 10.1. The number of nitrogens with zero attached hydrogens (tertiary/aromatic N) is 2. The minimum absolute atomic E-state index is 0.0504. The number of fused-ring (bicyclic) bond motifs is 1. The van der Waals surface area contributed by atoms with Crippen molar-refractivity contribution >= 4 is 17.0 Å². The van der Waals surface area contributed by atoms with Gasteiger partial charge in [-0.25, -0.2) is 9.78 Å². The van der Waals surface area contributed by atoms with Crippen LogP contribution in [0, 0.1) is 6.92 Å². The van der Waals surface area contributed by atoms with Crippen LogP contribution in [-0.4, -0.2) is 27.6 Å². The van der Waals surface area contributed by atoms with Crippen LogP contribution in [0.5, 0.6) is 0 Å². The minimum Gasteiger partial charge on any atom is -0.465 e. The number of benzene rings is 1. The second kappa shape index (κ2) is 6.08. The average Bonchev–Trinajstić information content (AvgIpc) is 2.95. The van der Waals surface area contributed by atoms with E-state index in [-0.39, 0.29) is 11.5 Å². The van der Waals surface area contributed by atoms with Crippen molar-refractivity contribution < 1.29 is 9.53 Å². The van der Waals surface area contributed by atoms with Gasteiger partial charge in [-0.1, -0.05) is 12.1 Å². The van der Waals surface area contributed by atoms with Crippen molar-refractivity contribution in [2.75, 3.05) is 7.11 Å². The third-order valence-corrected chi connectivity index (χ3v) is 3.77. The van der Waals surface area contributed by atoms with Crippen molar-refractivity contribution in [1.29, 1.82) is 0 Å². The Morgan fingerprint density at radius 2 is 2.04 bits per heavy atom. The van der Waals surface area contributed by atoms with Crippen LogP contribution in [0.4, 0.5) is 0 Å². The first-order valence-electron chi connectivity index (χ1n) is 7.30. The lowest BCUT2D eigenvalue weighted by Crippen LogP contribution is -2.21. The molecule has 0 unspecified atom stereocenters. The van der Waals surface area contributed by atoms with Crippen molar-refractivity contribution in [1.82, 2.24) is 14.5 Å². The van der Waals surface area contributed by atoms with Gasteiger partial charge in [0.05, 0.1) is 24.4 Å². The fraction of sp³-hybridized carbons (Fsp3) is 0.235. The smallest absolute Gasteiger partial charge is 0.337 e. The van der Waals surface area contributed by atoms with Crippen molar-refractivity contribution in [3.05, 3.63) is 63.8 Å². The molecule has 2 aromatic heterocycles. The molecule has 6 nitrogen and oxygen atoms in total. The third kappa shape index (κ3) is 3.01. The molecule has 3 rings (SSSR count). The normalized spacial score (nSPS) is 10.9. The summed E-state index contributed by atoms with van der Waals surface area (Å²) in [6.45, 7) is 2.43. The molecule has 0 aliphatic heterocycles. The molecule has 118 valence electrons. The molecule has 0 bridgehead atoms. The molecule has 0 aliphatic carbocycles. The number of methoxy groups -OCH3 is 1. The second-order valence-corrected chi connectivity index (χ2v) is 5.40. The van der Waals surface area contributed by atoms with Gasteiger partial charge in [0.25, 0.3) is 5.56 Å². The number of hydrogen-bond donors (Lipinski definition) is 1. The average molecular weight is 311 g/mol. The Labute approximate surface area is 132 Å². The van der Waals surface area contributed by atoms with Crippen molar-refractivity contribution in [3.8, 4) is 0 Å². The van der Waals surface area contributed by atoms with Crippen LogP contribution in [0.25, 0.3) is 11.0 Å². The number of nitrogens with one attached hydrogen (secondary N) is 1. The molecule has 0 fully saturated rings. The van der Waals surface area contributed by atoms with Gasteiger partial charge >= 0.3 is 5.97 Å². The second-order valence-electron chi connectivity index (χ2n) is 5.40. The molecule has 0 amide bonds. The van der Waals surface area contributed by atoms with Gasteiger partial charge in [-0.15, -0.1) is 0 Å². The molecule has 0 saturated heterocycles. The Hall–Kier alpha value is -2.89. The highest BCUT2D eigenvalue weighted by Crippen LogP contribution is 2.09. The van der Waals surface area contributed by atoms with E-state index in [0.717, 1.165) is 11.3 Å². The zero-order valence-electron chi connectivity index (χ0n) is 13.0. The first-order chi connectivity index (χ1) is 11.1. The van der Waals surface area contributed by atoms with E-state index < -0.39 is 0 Å². The Kier molecular flexibility index (Phi) is 3.97.